The molecule has 1 amide bonds. The molecule has 0 spiro atoms. The van der Waals surface area contributed by atoms with Crippen molar-refractivity contribution in [2.45, 2.75) is 4.90 Å². The summed E-state index contributed by atoms with van der Waals surface area (Å²) in [7, 11) is -3.96. The maximum Gasteiger partial charge on any atom is 0.295 e. The lowest BCUT2D eigenvalue weighted by atomic mass is 10.2. The molecule has 0 aliphatic rings. The smallest absolute Gasteiger partial charge is 0.295 e. The number of carbonyl (C=O) groups excluding carboxylic acids is 1. The van der Waals surface area contributed by atoms with E-state index in [1.165, 1.54) is 36.4 Å². The van der Waals surface area contributed by atoms with Gasteiger partial charge in [-0.25, -0.2) is 8.42 Å². The van der Waals surface area contributed by atoms with Gasteiger partial charge in [0.25, 0.3) is 15.9 Å². The van der Waals surface area contributed by atoms with Crippen LogP contribution in [0.15, 0.2) is 81.9 Å². The number of aromatic hydroxyl groups is 1. The predicted molar refractivity (Wildman–Crippen MR) is 123 cm³/mol. The third-order valence-corrected chi connectivity index (χ3v) is 6.31. The number of azo groups is 1. The molecule has 0 atom stereocenters. The van der Waals surface area contributed by atoms with E-state index >= 15 is 0 Å². The summed E-state index contributed by atoms with van der Waals surface area (Å²) in [5.41, 5.74) is 0.933. The van der Waals surface area contributed by atoms with Gasteiger partial charge in [-0.2, -0.15) is 0 Å². The van der Waals surface area contributed by atoms with Crippen molar-refractivity contribution in [1.82, 2.24) is 4.98 Å². The van der Waals surface area contributed by atoms with Crippen LogP contribution in [0.3, 0.4) is 0 Å². The number of sulfonamides is 1. The number of halogens is 2. The zero-order chi connectivity index (χ0) is 22.9. The molecule has 0 fully saturated rings. The summed E-state index contributed by atoms with van der Waals surface area (Å²) in [4.78, 5) is 15.1. The van der Waals surface area contributed by atoms with Gasteiger partial charge in [0.05, 0.1) is 10.4 Å². The standard InChI is InChI=1S/C21H14Cl2N4O4S/c22-13-4-7-15(8-5-13)27-32(30,31)16-3-1-2-12(10-16)20(28)26-25-19-17-11-14(23)6-9-18(17)24-21(19)29/h1-11,24,27,29H. The van der Waals surface area contributed by atoms with Gasteiger partial charge in [0.2, 0.25) is 5.88 Å². The van der Waals surface area contributed by atoms with Crippen molar-refractivity contribution in [1.29, 1.82) is 0 Å². The van der Waals surface area contributed by atoms with Gasteiger partial charge in [0, 0.05) is 26.7 Å². The van der Waals surface area contributed by atoms with Crippen molar-refractivity contribution in [3.05, 3.63) is 82.3 Å². The molecule has 1 aromatic heterocycles. The SMILES string of the molecule is O=C(N=Nc1c(O)[nH]c2ccc(Cl)cc12)c1cccc(S(=O)(=O)Nc2ccc(Cl)cc2)c1. The van der Waals surface area contributed by atoms with Gasteiger partial charge < -0.3 is 10.1 Å². The second kappa shape index (κ2) is 8.62. The summed E-state index contributed by atoms with van der Waals surface area (Å²) in [6.07, 6.45) is 0. The van der Waals surface area contributed by atoms with Gasteiger partial charge >= 0.3 is 0 Å². The van der Waals surface area contributed by atoms with Crippen LogP contribution in [0.4, 0.5) is 11.4 Å². The van der Waals surface area contributed by atoms with Crippen LogP contribution in [0.25, 0.3) is 10.9 Å². The van der Waals surface area contributed by atoms with E-state index in [-0.39, 0.29) is 22.0 Å². The lowest BCUT2D eigenvalue weighted by Crippen LogP contribution is -2.13. The van der Waals surface area contributed by atoms with E-state index in [0.717, 1.165) is 0 Å². The zero-order valence-electron chi connectivity index (χ0n) is 16.1. The Balaban J connectivity index is 1.59. The summed E-state index contributed by atoms with van der Waals surface area (Å²) >= 11 is 11.8. The molecule has 4 aromatic rings. The minimum atomic E-state index is -3.96. The molecular weight excluding hydrogens is 475 g/mol. The fraction of sp³-hybridized carbons (Fsp3) is 0. The van der Waals surface area contributed by atoms with Crippen LogP contribution in [-0.4, -0.2) is 24.4 Å². The van der Waals surface area contributed by atoms with Gasteiger partial charge in [-0.3, -0.25) is 9.52 Å². The topological polar surface area (TPSA) is 124 Å². The molecule has 8 nitrogen and oxygen atoms in total. The molecule has 0 saturated heterocycles. The first-order chi connectivity index (χ1) is 15.2. The minimum absolute atomic E-state index is 0.00472. The van der Waals surface area contributed by atoms with E-state index in [4.69, 9.17) is 23.2 Å². The van der Waals surface area contributed by atoms with Gasteiger partial charge in [-0.05, 0) is 60.7 Å². The normalized spacial score (nSPS) is 11.8. The number of aromatic nitrogens is 1. The number of nitrogens with one attached hydrogen (secondary N) is 2. The fourth-order valence-corrected chi connectivity index (χ4v) is 4.32. The van der Waals surface area contributed by atoms with Crippen LogP contribution in [0.5, 0.6) is 5.88 Å². The number of rotatable bonds is 5. The Morgan fingerprint density at radius 1 is 0.969 bits per heavy atom. The van der Waals surface area contributed by atoms with Crippen molar-refractivity contribution in [2.75, 3.05) is 4.72 Å². The van der Waals surface area contributed by atoms with E-state index in [0.29, 0.717) is 26.6 Å². The number of hydrogen-bond acceptors (Lipinski definition) is 5. The quantitative estimate of drug-likeness (QED) is 0.302. The van der Waals surface area contributed by atoms with E-state index in [1.807, 2.05) is 0 Å². The Morgan fingerprint density at radius 3 is 2.44 bits per heavy atom. The second-order valence-electron chi connectivity index (χ2n) is 6.66. The molecule has 0 radical (unpaired) electrons. The first kappa shape index (κ1) is 21.8. The van der Waals surface area contributed by atoms with Gasteiger partial charge in [0.15, 0.2) is 5.69 Å². The lowest BCUT2D eigenvalue weighted by molar-refractivity contribution is 0.0995. The molecule has 3 N–H and O–H groups in total. The minimum Gasteiger partial charge on any atom is -0.493 e. The van der Waals surface area contributed by atoms with Gasteiger partial charge in [-0.15, -0.1) is 10.2 Å². The first-order valence-corrected chi connectivity index (χ1v) is 11.3. The summed E-state index contributed by atoms with van der Waals surface area (Å²) in [6.45, 7) is 0. The van der Waals surface area contributed by atoms with Crippen LogP contribution in [0, 0.1) is 0 Å². The number of aromatic amines is 1. The van der Waals surface area contributed by atoms with E-state index < -0.39 is 15.9 Å². The molecule has 4 rings (SSSR count). The molecule has 0 aliphatic heterocycles. The maximum absolute atomic E-state index is 12.7. The highest BCUT2D eigenvalue weighted by Crippen LogP contribution is 2.36. The molecule has 11 heteroatoms. The van der Waals surface area contributed by atoms with Crippen molar-refractivity contribution in [3.8, 4) is 5.88 Å². The highest BCUT2D eigenvalue weighted by atomic mass is 35.5. The summed E-state index contributed by atoms with van der Waals surface area (Å²) in [6, 6.07) is 16.4. The number of H-pyrrole nitrogens is 1. The van der Waals surface area contributed by atoms with E-state index in [2.05, 4.69) is 19.9 Å². The molecule has 32 heavy (non-hydrogen) atoms. The van der Waals surface area contributed by atoms with Crippen LogP contribution < -0.4 is 4.72 Å². The van der Waals surface area contributed by atoms with Crippen LogP contribution in [-0.2, 0) is 10.0 Å². The molecule has 1 heterocycles. The zero-order valence-corrected chi connectivity index (χ0v) is 18.4. The van der Waals surface area contributed by atoms with E-state index in [1.54, 1.807) is 30.3 Å². The van der Waals surface area contributed by atoms with Crippen LogP contribution in [0.2, 0.25) is 10.0 Å². The Morgan fingerprint density at radius 2 is 1.69 bits per heavy atom. The lowest BCUT2D eigenvalue weighted by Gasteiger charge is -2.08. The van der Waals surface area contributed by atoms with Gasteiger partial charge in [0.1, 0.15) is 0 Å². The molecule has 0 bridgehead atoms. The Labute approximate surface area is 192 Å². The summed E-state index contributed by atoms with van der Waals surface area (Å²) < 4.78 is 27.8. The van der Waals surface area contributed by atoms with E-state index in [9.17, 15) is 18.3 Å². The van der Waals surface area contributed by atoms with Crippen LogP contribution in [0.1, 0.15) is 10.4 Å². The number of hydrogen-bond donors (Lipinski definition) is 3. The molecule has 0 aliphatic carbocycles. The van der Waals surface area contributed by atoms with Crippen molar-refractivity contribution < 1.29 is 18.3 Å². The Hall–Kier alpha value is -3.40. The second-order valence-corrected chi connectivity index (χ2v) is 9.21. The molecule has 0 unspecified atom stereocenters. The summed E-state index contributed by atoms with van der Waals surface area (Å²) in [5, 5.41) is 18.9. The molecule has 0 saturated carbocycles. The van der Waals surface area contributed by atoms with Crippen molar-refractivity contribution in [2.24, 2.45) is 10.2 Å². The first-order valence-electron chi connectivity index (χ1n) is 9.08. The average molecular weight is 489 g/mol. The number of amides is 1. The molecule has 162 valence electrons. The molecule has 3 aromatic carbocycles. The largest absolute Gasteiger partial charge is 0.493 e. The van der Waals surface area contributed by atoms with Crippen molar-refractivity contribution >= 4 is 61.4 Å². The summed E-state index contributed by atoms with van der Waals surface area (Å²) in [5.74, 6) is -1.06. The Bertz CT molecular complexity index is 1470. The predicted octanol–water partition coefficient (Wildman–Crippen LogP) is 5.91. The average Bonchev–Trinajstić information content (AvgIpc) is 3.08. The fourth-order valence-electron chi connectivity index (χ4n) is 2.92. The monoisotopic (exact) mass is 488 g/mol. The number of anilines is 1. The highest BCUT2D eigenvalue weighted by Gasteiger charge is 2.17. The van der Waals surface area contributed by atoms with Crippen molar-refractivity contribution in [3.63, 3.8) is 0 Å². The maximum atomic E-state index is 12.7. The molecular formula is C21H14Cl2N4O4S. The Kier molecular flexibility index (Phi) is 5.88. The third-order valence-electron chi connectivity index (χ3n) is 4.44. The number of fused-ring (bicyclic) bond motifs is 1. The number of benzene rings is 3. The third kappa shape index (κ3) is 4.59. The van der Waals surface area contributed by atoms with Crippen LogP contribution >= 0.6 is 23.2 Å². The number of carbonyl (C=O) groups is 1. The highest BCUT2D eigenvalue weighted by molar-refractivity contribution is 7.92. The van der Waals surface area contributed by atoms with Gasteiger partial charge in [-0.1, -0.05) is 29.3 Å². The number of nitrogens with zero attached hydrogens (tertiary/aromatic N) is 2.